The van der Waals surface area contributed by atoms with Gasteiger partial charge in [-0.2, -0.15) is 0 Å². The number of rotatable bonds is 5. The first-order valence-corrected chi connectivity index (χ1v) is 9.31. The van der Waals surface area contributed by atoms with Crippen molar-refractivity contribution in [2.24, 2.45) is 0 Å². The topological polar surface area (TPSA) is 55.4 Å². The summed E-state index contributed by atoms with van der Waals surface area (Å²) in [6, 6.07) is 7.58. The molecule has 1 heterocycles. The van der Waals surface area contributed by atoms with Crippen LogP contribution in [0, 0.1) is 0 Å². The Bertz CT molecular complexity index is 569. The SMILES string of the molecule is CNC(c1cccc(OC(C)C)c1)C1CCCCS1(=O)=O. The minimum Gasteiger partial charge on any atom is -0.491 e. The first-order chi connectivity index (χ1) is 9.94. The number of sulfone groups is 1. The average Bonchev–Trinajstić information content (AvgIpc) is 2.41. The zero-order valence-electron chi connectivity index (χ0n) is 13.0. The van der Waals surface area contributed by atoms with E-state index in [2.05, 4.69) is 5.32 Å². The Kier molecular flexibility index (Phi) is 5.27. The predicted molar refractivity (Wildman–Crippen MR) is 85.4 cm³/mol. The molecule has 0 aromatic heterocycles. The van der Waals surface area contributed by atoms with Crippen molar-refractivity contribution in [2.75, 3.05) is 12.8 Å². The lowest BCUT2D eigenvalue weighted by Crippen LogP contribution is -2.39. The Balaban J connectivity index is 2.28. The van der Waals surface area contributed by atoms with E-state index in [4.69, 9.17) is 4.74 Å². The molecular formula is C16H25NO3S. The van der Waals surface area contributed by atoms with E-state index in [0.717, 1.165) is 30.6 Å². The lowest BCUT2D eigenvalue weighted by molar-refractivity contribution is 0.242. The summed E-state index contributed by atoms with van der Waals surface area (Å²) < 4.78 is 30.4. The van der Waals surface area contributed by atoms with E-state index < -0.39 is 9.84 Å². The quantitative estimate of drug-likeness (QED) is 0.908. The number of ether oxygens (including phenoxy) is 1. The van der Waals surface area contributed by atoms with Crippen LogP contribution in [0.15, 0.2) is 24.3 Å². The van der Waals surface area contributed by atoms with Crippen LogP contribution in [0.2, 0.25) is 0 Å². The van der Waals surface area contributed by atoms with Gasteiger partial charge in [-0.25, -0.2) is 8.42 Å². The van der Waals surface area contributed by atoms with Crippen molar-refractivity contribution in [3.05, 3.63) is 29.8 Å². The van der Waals surface area contributed by atoms with Gasteiger partial charge in [-0.05, 0) is 51.4 Å². The highest BCUT2D eigenvalue weighted by Crippen LogP contribution is 2.32. The summed E-state index contributed by atoms with van der Waals surface area (Å²) in [5, 5.41) is 2.85. The third-order valence-corrected chi connectivity index (χ3v) is 6.19. The summed E-state index contributed by atoms with van der Waals surface area (Å²) in [5.74, 6) is 1.09. The molecule has 0 radical (unpaired) electrons. The molecule has 1 aromatic carbocycles. The summed E-state index contributed by atoms with van der Waals surface area (Å²) in [6.45, 7) is 3.96. The second-order valence-corrected chi connectivity index (χ2v) is 8.25. The van der Waals surface area contributed by atoms with Crippen LogP contribution in [0.3, 0.4) is 0 Å². The highest BCUT2D eigenvalue weighted by molar-refractivity contribution is 7.92. The van der Waals surface area contributed by atoms with Crippen LogP contribution >= 0.6 is 0 Å². The van der Waals surface area contributed by atoms with Crippen molar-refractivity contribution in [2.45, 2.75) is 50.5 Å². The fourth-order valence-corrected chi connectivity index (χ4v) is 5.12. The van der Waals surface area contributed by atoms with Crippen LogP contribution < -0.4 is 10.1 Å². The summed E-state index contributed by atoms with van der Waals surface area (Å²) in [4.78, 5) is 0. The maximum Gasteiger partial charge on any atom is 0.155 e. The van der Waals surface area contributed by atoms with Crippen molar-refractivity contribution in [1.82, 2.24) is 5.32 Å². The maximum atomic E-state index is 12.3. The van der Waals surface area contributed by atoms with Crippen molar-refractivity contribution in [1.29, 1.82) is 0 Å². The van der Waals surface area contributed by atoms with Gasteiger partial charge in [0, 0.05) is 6.04 Å². The summed E-state index contributed by atoms with van der Waals surface area (Å²) in [7, 11) is -1.20. The second kappa shape index (κ2) is 6.79. The number of hydrogen-bond acceptors (Lipinski definition) is 4. The monoisotopic (exact) mass is 311 g/mol. The van der Waals surface area contributed by atoms with E-state index in [1.165, 1.54) is 0 Å². The van der Waals surface area contributed by atoms with Gasteiger partial charge in [-0.15, -0.1) is 0 Å². The normalized spacial score (nSPS) is 23.0. The number of benzene rings is 1. The third kappa shape index (κ3) is 3.98. The lowest BCUT2D eigenvalue weighted by atomic mass is 9.99. The van der Waals surface area contributed by atoms with Crippen LogP contribution in [0.5, 0.6) is 5.75 Å². The Morgan fingerprint density at radius 1 is 1.29 bits per heavy atom. The molecule has 0 aliphatic carbocycles. The molecule has 0 bridgehead atoms. The molecule has 0 spiro atoms. The van der Waals surface area contributed by atoms with Gasteiger partial charge in [-0.3, -0.25) is 0 Å². The standard InChI is InChI=1S/C16H25NO3S/c1-12(2)20-14-8-6-7-13(11-14)16(17-3)15-9-4-5-10-21(15,18)19/h6-8,11-12,15-17H,4-5,9-10H2,1-3H3. The van der Waals surface area contributed by atoms with Crippen molar-refractivity contribution in [3.63, 3.8) is 0 Å². The molecule has 5 heteroatoms. The molecule has 118 valence electrons. The molecule has 2 unspecified atom stereocenters. The Morgan fingerprint density at radius 2 is 2.05 bits per heavy atom. The lowest BCUT2D eigenvalue weighted by Gasteiger charge is -2.30. The molecule has 1 fully saturated rings. The van der Waals surface area contributed by atoms with Crippen LogP contribution in [-0.2, 0) is 9.84 Å². The molecule has 2 rings (SSSR count). The molecule has 21 heavy (non-hydrogen) atoms. The minimum absolute atomic E-state index is 0.103. The van der Waals surface area contributed by atoms with Gasteiger partial charge in [0.1, 0.15) is 5.75 Å². The molecule has 1 saturated heterocycles. The first-order valence-electron chi connectivity index (χ1n) is 7.59. The van der Waals surface area contributed by atoms with E-state index in [1.807, 2.05) is 45.2 Å². The fourth-order valence-electron chi connectivity index (χ4n) is 2.97. The molecule has 1 aliphatic heterocycles. The van der Waals surface area contributed by atoms with Crippen LogP contribution in [-0.4, -0.2) is 32.6 Å². The zero-order valence-corrected chi connectivity index (χ0v) is 13.8. The van der Waals surface area contributed by atoms with Gasteiger partial charge in [0.2, 0.25) is 0 Å². The summed E-state index contributed by atoms with van der Waals surface area (Å²) in [6.07, 6.45) is 2.59. The van der Waals surface area contributed by atoms with Crippen molar-refractivity contribution < 1.29 is 13.2 Å². The van der Waals surface area contributed by atoms with E-state index in [-0.39, 0.29) is 17.4 Å². The smallest absolute Gasteiger partial charge is 0.155 e. The first kappa shape index (κ1) is 16.3. The second-order valence-electron chi connectivity index (χ2n) is 5.91. The largest absolute Gasteiger partial charge is 0.491 e. The summed E-state index contributed by atoms with van der Waals surface area (Å²) >= 11 is 0. The van der Waals surface area contributed by atoms with E-state index >= 15 is 0 Å². The molecule has 0 saturated carbocycles. The van der Waals surface area contributed by atoms with Gasteiger partial charge in [0.05, 0.1) is 17.1 Å². The Hall–Kier alpha value is -1.07. The molecule has 2 atom stereocenters. The Labute approximate surface area is 127 Å². The number of nitrogens with one attached hydrogen (secondary N) is 1. The van der Waals surface area contributed by atoms with Gasteiger partial charge in [-0.1, -0.05) is 18.6 Å². The van der Waals surface area contributed by atoms with E-state index in [1.54, 1.807) is 0 Å². The maximum absolute atomic E-state index is 12.3. The van der Waals surface area contributed by atoms with Gasteiger partial charge < -0.3 is 10.1 Å². The predicted octanol–water partition coefficient (Wildman–Crippen LogP) is 2.70. The molecule has 1 aliphatic rings. The van der Waals surface area contributed by atoms with Crippen LogP contribution in [0.4, 0.5) is 0 Å². The zero-order chi connectivity index (χ0) is 15.5. The highest BCUT2D eigenvalue weighted by atomic mass is 32.2. The molecule has 0 amide bonds. The molecular weight excluding hydrogens is 286 g/mol. The van der Waals surface area contributed by atoms with Gasteiger partial charge in [0.25, 0.3) is 0 Å². The fraction of sp³-hybridized carbons (Fsp3) is 0.625. The van der Waals surface area contributed by atoms with Gasteiger partial charge >= 0.3 is 0 Å². The Morgan fingerprint density at radius 3 is 2.67 bits per heavy atom. The molecule has 4 nitrogen and oxygen atoms in total. The van der Waals surface area contributed by atoms with Crippen molar-refractivity contribution >= 4 is 9.84 Å². The molecule has 1 aromatic rings. The summed E-state index contributed by atoms with van der Waals surface area (Å²) in [5.41, 5.74) is 0.978. The van der Waals surface area contributed by atoms with E-state index in [0.29, 0.717) is 5.75 Å². The minimum atomic E-state index is -3.02. The third-order valence-electron chi connectivity index (χ3n) is 3.90. The average molecular weight is 311 g/mol. The number of hydrogen-bond donors (Lipinski definition) is 1. The van der Waals surface area contributed by atoms with Crippen molar-refractivity contribution in [3.8, 4) is 5.75 Å². The van der Waals surface area contributed by atoms with Gasteiger partial charge in [0.15, 0.2) is 9.84 Å². The van der Waals surface area contributed by atoms with Crippen LogP contribution in [0.25, 0.3) is 0 Å². The van der Waals surface area contributed by atoms with Crippen LogP contribution in [0.1, 0.15) is 44.7 Å². The van der Waals surface area contributed by atoms with E-state index in [9.17, 15) is 8.42 Å². The molecule has 1 N–H and O–H groups in total. The highest BCUT2D eigenvalue weighted by Gasteiger charge is 2.35.